The molecule has 6 nitrogen and oxygen atoms in total. The van der Waals surface area contributed by atoms with Crippen molar-refractivity contribution in [2.45, 2.75) is 39.2 Å². The fourth-order valence-corrected chi connectivity index (χ4v) is 1.69. The molecule has 2 aromatic rings. The summed E-state index contributed by atoms with van der Waals surface area (Å²) in [5, 5.41) is 8.06. The lowest BCUT2D eigenvalue weighted by atomic mass is 9.96. The van der Waals surface area contributed by atoms with Crippen molar-refractivity contribution in [1.29, 1.82) is 0 Å². The molecule has 0 bridgehead atoms. The molecule has 0 amide bonds. The lowest BCUT2D eigenvalue weighted by Gasteiger charge is -2.26. The third kappa shape index (κ3) is 2.28. The topological polar surface area (TPSA) is 78.3 Å². The summed E-state index contributed by atoms with van der Waals surface area (Å²) >= 11 is 0. The number of hydrogen-bond acceptors (Lipinski definition) is 5. The fraction of sp³-hybridized carbons (Fsp3) is 0.583. The SMILES string of the molecule is CCC(N)(CC)COc1nccn2c(C)nnc12. The maximum Gasteiger partial charge on any atom is 0.260 e. The van der Waals surface area contributed by atoms with E-state index in [0.29, 0.717) is 18.1 Å². The molecule has 0 spiro atoms. The van der Waals surface area contributed by atoms with E-state index in [1.807, 2.05) is 17.5 Å². The van der Waals surface area contributed by atoms with Gasteiger partial charge in [0.2, 0.25) is 5.65 Å². The van der Waals surface area contributed by atoms with Crippen molar-refractivity contribution in [3.8, 4) is 5.88 Å². The lowest BCUT2D eigenvalue weighted by Crippen LogP contribution is -2.44. The van der Waals surface area contributed by atoms with Crippen LogP contribution in [0.3, 0.4) is 0 Å². The number of nitrogens with zero attached hydrogens (tertiary/aromatic N) is 4. The molecule has 0 aliphatic rings. The molecule has 0 saturated carbocycles. The molecular weight excluding hydrogens is 230 g/mol. The van der Waals surface area contributed by atoms with Crippen LogP contribution in [0.4, 0.5) is 0 Å². The first kappa shape index (κ1) is 12.8. The number of rotatable bonds is 5. The highest BCUT2D eigenvalue weighted by atomic mass is 16.5. The zero-order valence-electron chi connectivity index (χ0n) is 11.1. The standard InChI is InChI=1S/C12H19N5O/c1-4-12(13,5-2)8-18-11-10-16-15-9(3)17(10)7-6-14-11/h6-7H,4-5,8,13H2,1-3H3. The normalized spacial score (nSPS) is 12.0. The monoisotopic (exact) mass is 249 g/mol. The largest absolute Gasteiger partial charge is 0.473 e. The van der Waals surface area contributed by atoms with Gasteiger partial charge in [-0.2, -0.15) is 0 Å². The highest BCUT2D eigenvalue weighted by Gasteiger charge is 2.22. The van der Waals surface area contributed by atoms with Crippen LogP contribution in [0.5, 0.6) is 5.88 Å². The molecule has 0 atom stereocenters. The van der Waals surface area contributed by atoms with Crippen molar-refractivity contribution in [3.63, 3.8) is 0 Å². The van der Waals surface area contributed by atoms with E-state index < -0.39 is 0 Å². The number of nitrogens with two attached hydrogens (primary N) is 1. The Morgan fingerprint density at radius 3 is 2.72 bits per heavy atom. The molecule has 0 fully saturated rings. The van der Waals surface area contributed by atoms with Crippen LogP contribution < -0.4 is 10.5 Å². The molecule has 6 heteroatoms. The fourth-order valence-electron chi connectivity index (χ4n) is 1.69. The minimum Gasteiger partial charge on any atom is -0.473 e. The summed E-state index contributed by atoms with van der Waals surface area (Å²) in [7, 11) is 0. The minimum absolute atomic E-state index is 0.316. The predicted molar refractivity (Wildman–Crippen MR) is 68.5 cm³/mol. The number of hydrogen-bond donors (Lipinski definition) is 1. The Bertz CT molecular complexity index is 532. The molecule has 2 aromatic heterocycles. The second-order valence-corrected chi connectivity index (χ2v) is 4.53. The van der Waals surface area contributed by atoms with Crippen LogP contribution in [0.1, 0.15) is 32.5 Å². The average molecular weight is 249 g/mol. The molecule has 2 rings (SSSR count). The highest BCUT2D eigenvalue weighted by Crippen LogP contribution is 2.18. The molecule has 0 aliphatic heterocycles. The Kier molecular flexibility index (Phi) is 3.47. The van der Waals surface area contributed by atoms with E-state index >= 15 is 0 Å². The second-order valence-electron chi connectivity index (χ2n) is 4.53. The van der Waals surface area contributed by atoms with Crippen molar-refractivity contribution in [1.82, 2.24) is 19.6 Å². The molecular formula is C12H19N5O. The van der Waals surface area contributed by atoms with Gasteiger partial charge in [0.15, 0.2) is 0 Å². The summed E-state index contributed by atoms with van der Waals surface area (Å²) in [6.07, 6.45) is 5.21. The van der Waals surface area contributed by atoms with Crippen molar-refractivity contribution < 1.29 is 4.74 Å². The van der Waals surface area contributed by atoms with Gasteiger partial charge >= 0.3 is 0 Å². The third-order valence-corrected chi connectivity index (χ3v) is 3.37. The summed E-state index contributed by atoms with van der Waals surface area (Å²) < 4.78 is 7.57. The first-order valence-electron chi connectivity index (χ1n) is 6.17. The average Bonchev–Trinajstić information content (AvgIpc) is 2.78. The molecule has 18 heavy (non-hydrogen) atoms. The van der Waals surface area contributed by atoms with Gasteiger partial charge in [0, 0.05) is 17.9 Å². The van der Waals surface area contributed by atoms with E-state index in [9.17, 15) is 0 Å². The van der Waals surface area contributed by atoms with Crippen molar-refractivity contribution in [3.05, 3.63) is 18.2 Å². The van der Waals surface area contributed by atoms with Gasteiger partial charge in [0.05, 0.1) is 0 Å². The van der Waals surface area contributed by atoms with Gasteiger partial charge in [0.1, 0.15) is 12.4 Å². The van der Waals surface area contributed by atoms with Gasteiger partial charge < -0.3 is 10.5 Å². The number of aromatic nitrogens is 4. The molecule has 0 saturated heterocycles. The maximum absolute atomic E-state index is 6.20. The lowest BCUT2D eigenvalue weighted by molar-refractivity contribution is 0.202. The van der Waals surface area contributed by atoms with Crippen molar-refractivity contribution in [2.24, 2.45) is 5.73 Å². The molecule has 2 heterocycles. The van der Waals surface area contributed by atoms with Crippen LogP contribution >= 0.6 is 0 Å². The van der Waals surface area contributed by atoms with Gasteiger partial charge in [0.25, 0.3) is 5.88 Å². The maximum atomic E-state index is 6.20. The Hall–Kier alpha value is -1.69. The first-order valence-corrected chi connectivity index (χ1v) is 6.17. The van der Waals surface area contributed by atoms with Crippen molar-refractivity contribution in [2.75, 3.05) is 6.61 Å². The highest BCUT2D eigenvalue weighted by molar-refractivity contribution is 5.48. The van der Waals surface area contributed by atoms with Crippen molar-refractivity contribution >= 4 is 5.65 Å². The van der Waals surface area contributed by atoms with Crippen LogP contribution in [0.25, 0.3) is 5.65 Å². The number of fused-ring (bicyclic) bond motifs is 1. The smallest absolute Gasteiger partial charge is 0.260 e. The van der Waals surface area contributed by atoms with Crippen LogP contribution in [0.2, 0.25) is 0 Å². The summed E-state index contributed by atoms with van der Waals surface area (Å²) in [6, 6.07) is 0. The van der Waals surface area contributed by atoms with E-state index in [2.05, 4.69) is 29.0 Å². The molecule has 0 radical (unpaired) electrons. The summed E-state index contributed by atoms with van der Waals surface area (Å²) in [6.45, 7) is 6.43. The van der Waals surface area contributed by atoms with E-state index in [1.165, 1.54) is 0 Å². The number of ether oxygens (including phenoxy) is 1. The van der Waals surface area contributed by atoms with E-state index in [1.54, 1.807) is 6.20 Å². The Morgan fingerprint density at radius 1 is 1.33 bits per heavy atom. The van der Waals surface area contributed by atoms with Gasteiger partial charge in [-0.15, -0.1) is 10.2 Å². The molecule has 2 N–H and O–H groups in total. The second kappa shape index (κ2) is 4.89. The predicted octanol–water partition coefficient (Wildman–Crippen LogP) is 1.33. The zero-order chi connectivity index (χ0) is 13.2. The van der Waals surface area contributed by atoms with E-state index in [0.717, 1.165) is 18.7 Å². The molecule has 0 unspecified atom stereocenters. The van der Waals surface area contributed by atoms with Gasteiger partial charge in [-0.25, -0.2) is 4.98 Å². The van der Waals surface area contributed by atoms with Crippen LogP contribution in [-0.4, -0.2) is 31.7 Å². The molecule has 0 aromatic carbocycles. The minimum atomic E-state index is -0.316. The first-order chi connectivity index (χ1) is 8.59. The van der Waals surface area contributed by atoms with E-state index in [-0.39, 0.29) is 5.54 Å². The van der Waals surface area contributed by atoms with Crippen LogP contribution in [-0.2, 0) is 0 Å². The number of aryl methyl sites for hydroxylation is 1. The Morgan fingerprint density at radius 2 is 2.06 bits per heavy atom. The summed E-state index contributed by atoms with van der Waals surface area (Å²) in [5.41, 5.74) is 6.51. The quantitative estimate of drug-likeness (QED) is 0.864. The Labute approximate surface area is 106 Å². The Balaban J connectivity index is 2.22. The van der Waals surface area contributed by atoms with Gasteiger partial charge in [-0.05, 0) is 19.8 Å². The van der Waals surface area contributed by atoms with Crippen LogP contribution in [0, 0.1) is 6.92 Å². The van der Waals surface area contributed by atoms with Crippen LogP contribution in [0.15, 0.2) is 12.4 Å². The summed E-state index contributed by atoms with van der Waals surface area (Å²) in [4.78, 5) is 4.19. The third-order valence-electron chi connectivity index (χ3n) is 3.37. The van der Waals surface area contributed by atoms with E-state index in [4.69, 9.17) is 10.5 Å². The molecule has 0 aliphatic carbocycles. The molecule has 98 valence electrons. The van der Waals surface area contributed by atoms with Gasteiger partial charge in [-0.1, -0.05) is 13.8 Å². The summed E-state index contributed by atoms with van der Waals surface area (Å²) in [5.74, 6) is 1.29. The van der Waals surface area contributed by atoms with Gasteiger partial charge in [-0.3, -0.25) is 4.40 Å². The zero-order valence-corrected chi connectivity index (χ0v) is 11.1.